The van der Waals surface area contributed by atoms with Crippen molar-refractivity contribution in [2.24, 2.45) is 7.05 Å². The molecule has 16 heavy (non-hydrogen) atoms. The molecule has 0 aliphatic rings. The highest BCUT2D eigenvalue weighted by Gasteiger charge is 2.01. The van der Waals surface area contributed by atoms with Gasteiger partial charge in [0.15, 0.2) is 0 Å². The molecular weight excluding hydrogens is 204 g/mol. The molecule has 90 valence electrons. The molecule has 1 aromatic rings. The maximum atomic E-state index is 11.4. The second-order valence-electron chi connectivity index (χ2n) is 3.65. The molecule has 0 radical (unpaired) electrons. The minimum absolute atomic E-state index is 0.100. The van der Waals surface area contributed by atoms with Gasteiger partial charge in [-0.05, 0) is 12.6 Å². The fourth-order valence-electron chi connectivity index (χ4n) is 1.44. The van der Waals surface area contributed by atoms with Gasteiger partial charge in [-0.2, -0.15) is 5.10 Å². The van der Waals surface area contributed by atoms with Crippen LogP contribution in [0.15, 0.2) is 12.3 Å². The van der Waals surface area contributed by atoms with Crippen LogP contribution in [0.25, 0.3) is 0 Å². The Morgan fingerprint density at radius 2 is 2.31 bits per heavy atom. The van der Waals surface area contributed by atoms with Gasteiger partial charge in [0.25, 0.3) is 0 Å². The van der Waals surface area contributed by atoms with Crippen LogP contribution in [-0.4, -0.2) is 35.3 Å². The molecule has 1 rings (SSSR count). The summed E-state index contributed by atoms with van der Waals surface area (Å²) in [7, 11) is 1.91. The molecule has 0 aliphatic carbocycles. The number of nitrogens with zero attached hydrogens (tertiary/aromatic N) is 2. The quantitative estimate of drug-likeness (QED) is 0.645. The fourth-order valence-corrected chi connectivity index (χ4v) is 1.44. The molecule has 0 aliphatic heterocycles. The molecule has 2 N–H and O–H groups in total. The molecular formula is C11H20N4O. The van der Waals surface area contributed by atoms with Crippen LogP contribution >= 0.6 is 0 Å². The average Bonchev–Trinajstić information content (AvgIpc) is 2.65. The summed E-state index contributed by atoms with van der Waals surface area (Å²) in [5.74, 6) is 0.100. The highest BCUT2D eigenvalue weighted by atomic mass is 16.1. The molecule has 0 unspecified atom stereocenters. The molecule has 0 aromatic carbocycles. The third-order valence-corrected chi connectivity index (χ3v) is 2.40. The first kappa shape index (κ1) is 12.7. The summed E-state index contributed by atoms with van der Waals surface area (Å²) in [6.45, 7) is 4.35. The third kappa shape index (κ3) is 4.44. The normalized spacial score (nSPS) is 10.4. The van der Waals surface area contributed by atoms with Crippen molar-refractivity contribution in [1.82, 2.24) is 20.4 Å². The van der Waals surface area contributed by atoms with Gasteiger partial charge in [-0.15, -0.1) is 0 Å². The standard InChI is InChI=1S/C11H20N4O/c1-3-12-7-6-11(16)13-8-4-10-5-9-14-15(10)2/h5,9,12H,3-4,6-8H2,1-2H3,(H,13,16). The number of hydrogen-bond donors (Lipinski definition) is 2. The number of aryl methyl sites for hydroxylation is 1. The monoisotopic (exact) mass is 224 g/mol. The van der Waals surface area contributed by atoms with Gasteiger partial charge in [-0.3, -0.25) is 9.48 Å². The highest BCUT2D eigenvalue weighted by molar-refractivity contribution is 5.76. The lowest BCUT2D eigenvalue weighted by Gasteiger charge is -2.05. The summed E-state index contributed by atoms with van der Waals surface area (Å²) in [5.41, 5.74) is 1.13. The Hall–Kier alpha value is -1.36. The van der Waals surface area contributed by atoms with E-state index in [1.165, 1.54) is 0 Å². The number of carbonyl (C=O) groups is 1. The van der Waals surface area contributed by atoms with Crippen LogP contribution in [-0.2, 0) is 18.3 Å². The lowest BCUT2D eigenvalue weighted by atomic mass is 10.3. The second-order valence-corrected chi connectivity index (χ2v) is 3.65. The molecule has 0 fully saturated rings. The zero-order valence-electron chi connectivity index (χ0n) is 9.99. The molecule has 1 aromatic heterocycles. The number of hydrogen-bond acceptors (Lipinski definition) is 3. The van der Waals surface area contributed by atoms with E-state index >= 15 is 0 Å². The van der Waals surface area contributed by atoms with Crippen LogP contribution in [0, 0.1) is 0 Å². The number of nitrogens with one attached hydrogen (secondary N) is 2. The smallest absolute Gasteiger partial charge is 0.221 e. The first-order valence-electron chi connectivity index (χ1n) is 5.68. The first-order chi connectivity index (χ1) is 7.74. The van der Waals surface area contributed by atoms with Crippen LogP contribution in [0.5, 0.6) is 0 Å². The maximum absolute atomic E-state index is 11.4. The lowest BCUT2D eigenvalue weighted by molar-refractivity contribution is -0.120. The van der Waals surface area contributed by atoms with E-state index in [0.717, 1.165) is 25.2 Å². The van der Waals surface area contributed by atoms with E-state index in [9.17, 15) is 4.79 Å². The SMILES string of the molecule is CCNCCC(=O)NCCc1ccnn1C. The van der Waals surface area contributed by atoms with Gasteiger partial charge in [-0.25, -0.2) is 0 Å². The van der Waals surface area contributed by atoms with E-state index in [0.29, 0.717) is 13.0 Å². The van der Waals surface area contributed by atoms with Crippen LogP contribution < -0.4 is 10.6 Å². The molecule has 0 atom stereocenters. The number of aromatic nitrogens is 2. The Labute approximate surface area is 96.2 Å². The molecule has 0 saturated heterocycles. The van der Waals surface area contributed by atoms with Crippen molar-refractivity contribution < 1.29 is 4.79 Å². The van der Waals surface area contributed by atoms with Crippen LogP contribution in [0.1, 0.15) is 19.0 Å². The number of carbonyl (C=O) groups excluding carboxylic acids is 1. The number of amides is 1. The molecule has 1 amide bonds. The summed E-state index contributed by atoms with van der Waals surface area (Å²) < 4.78 is 1.82. The Kier molecular flexibility index (Phi) is 5.56. The Morgan fingerprint density at radius 3 is 2.94 bits per heavy atom. The van der Waals surface area contributed by atoms with Gasteiger partial charge in [0.1, 0.15) is 0 Å². The summed E-state index contributed by atoms with van der Waals surface area (Å²) in [6.07, 6.45) is 3.13. The zero-order valence-corrected chi connectivity index (χ0v) is 9.99. The Morgan fingerprint density at radius 1 is 1.50 bits per heavy atom. The van der Waals surface area contributed by atoms with Crippen LogP contribution in [0.4, 0.5) is 0 Å². The van der Waals surface area contributed by atoms with E-state index in [1.807, 2.05) is 24.7 Å². The maximum Gasteiger partial charge on any atom is 0.221 e. The van der Waals surface area contributed by atoms with Crippen molar-refractivity contribution in [2.45, 2.75) is 19.8 Å². The first-order valence-corrected chi connectivity index (χ1v) is 5.68. The Bertz CT molecular complexity index is 322. The fraction of sp³-hybridized carbons (Fsp3) is 0.636. The van der Waals surface area contributed by atoms with E-state index in [-0.39, 0.29) is 5.91 Å². The summed E-state index contributed by atoms with van der Waals surface area (Å²) in [6, 6.07) is 1.96. The van der Waals surface area contributed by atoms with E-state index in [4.69, 9.17) is 0 Å². The van der Waals surface area contributed by atoms with Gasteiger partial charge in [0.2, 0.25) is 5.91 Å². The van der Waals surface area contributed by atoms with Crippen molar-refractivity contribution in [3.8, 4) is 0 Å². The number of rotatable bonds is 7. The molecule has 5 nitrogen and oxygen atoms in total. The molecule has 0 saturated carbocycles. The zero-order chi connectivity index (χ0) is 11.8. The Balaban J connectivity index is 2.11. The minimum atomic E-state index is 0.100. The third-order valence-electron chi connectivity index (χ3n) is 2.40. The van der Waals surface area contributed by atoms with Crippen molar-refractivity contribution >= 4 is 5.91 Å². The molecule has 0 spiro atoms. The second kappa shape index (κ2) is 7.00. The van der Waals surface area contributed by atoms with Gasteiger partial charge in [0.05, 0.1) is 0 Å². The van der Waals surface area contributed by atoms with Gasteiger partial charge in [0, 0.05) is 44.9 Å². The predicted molar refractivity (Wildman–Crippen MR) is 63.1 cm³/mol. The van der Waals surface area contributed by atoms with Crippen molar-refractivity contribution in [2.75, 3.05) is 19.6 Å². The summed E-state index contributed by atoms with van der Waals surface area (Å²) >= 11 is 0. The van der Waals surface area contributed by atoms with Crippen LogP contribution in [0.2, 0.25) is 0 Å². The largest absolute Gasteiger partial charge is 0.356 e. The topological polar surface area (TPSA) is 59.0 Å². The van der Waals surface area contributed by atoms with Gasteiger partial charge in [-0.1, -0.05) is 6.92 Å². The van der Waals surface area contributed by atoms with E-state index in [1.54, 1.807) is 6.20 Å². The van der Waals surface area contributed by atoms with E-state index in [2.05, 4.69) is 15.7 Å². The van der Waals surface area contributed by atoms with Gasteiger partial charge >= 0.3 is 0 Å². The van der Waals surface area contributed by atoms with Crippen molar-refractivity contribution in [1.29, 1.82) is 0 Å². The lowest BCUT2D eigenvalue weighted by Crippen LogP contribution is -2.29. The predicted octanol–water partition coefficient (Wildman–Crippen LogP) is 0.0784. The van der Waals surface area contributed by atoms with Crippen LogP contribution in [0.3, 0.4) is 0 Å². The highest BCUT2D eigenvalue weighted by Crippen LogP contribution is 1.95. The van der Waals surface area contributed by atoms with Crippen molar-refractivity contribution in [3.63, 3.8) is 0 Å². The van der Waals surface area contributed by atoms with E-state index < -0.39 is 0 Å². The summed E-state index contributed by atoms with van der Waals surface area (Å²) in [5, 5.41) is 10.1. The molecule has 0 bridgehead atoms. The minimum Gasteiger partial charge on any atom is -0.356 e. The summed E-state index contributed by atoms with van der Waals surface area (Å²) in [4.78, 5) is 11.4. The molecule has 1 heterocycles. The average molecular weight is 224 g/mol. The van der Waals surface area contributed by atoms with Crippen molar-refractivity contribution in [3.05, 3.63) is 18.0 Å². The molecule has 5 heteroatoms. The van der Waals surface area contributed by atoms with Gasteiger partial charge < -0.3 is 10.6 Å².